The van der Waals surface area contributed by atoms with Crippen molar-refractivity contribution >= 4 is 0 Å². The van der Waals surface area contributed by atoms with Crippen LogP contribution in [0.3, 0.4) is 0 Å². The third-order valence-corrected chi connectivity index (χ3v) is 2.53. The summed E-state index contributed by atoms with van der Waals surface area (Å²) in [7, 11) is 0. The molecule has 0 aliphatic heterocycles. The summed E-state index contributed by atoms with van der Waals surface area (Å²) in [6.07, 6.45) is 2.31. The zero-order valence-electron chi connectivity index (χ0n) is 10.6. The van der Waals surface area contributed by atoms with Crippen molar-refractivity contribution in [3.05, 3.63) is 34.4 Å². The highest BCUT2D eigenvalue weighted by Crippen LogP contribution is 2.17. The van der Waals surface area contributed by atoms with E-state index >= 15 is 0 Å². The fourth-order valence-electron chi connectivity index (χ4n) is 1.75. The molecule has 1 rings (SSSR count). The first kappa shape index (κ1) is 13.2. The lowest BCUT2D eigenvalue weighted by Crippen LogP contribution is -1.94. The molecule has 0 bridgehead atoms. The lowest BCUT2D eigenvalue weighted by atomic mass is 9.96. The van der Waals surface area contributed by atoms with Gasteiger partial charge in [0.2, 0.25) is 0 Å². The average Bonchev–Trinajstić information content (AvgIpc) is 2.23. The molecular formula is C14H24. The molecule has 0 nitrogen and oxygen atoms in total. The highest BCUT2D eigenvalue weighted by molar-refractivity contribution is 5.37. The summed E-state index contributed by atoms with van der Waals surface area (Å²) < 4.78 is 0. The Kier molecular flexibility index (Phi) is 6.27. The normalized spacial score (nSPS) is 9.29. The minimum absolute atomic E-state index is 1.15. The number of benzene rings is 1. The number of rotatable bonds is 2. The van der Waals surface area contributed by atoms with Crippen molar-refractivity contribution in [3.8, 4) is 0 Å². The molecule has 0 atom stereocenters. The zero-order chi connectivity index (χ0) is 11.1. The maximum Gasteiger partial charge on any atom is -0.0305 e. The Balaban J connectivity index is 0.000000791. The molecular weight excluding hydrogens is 168 g/mol. The van der Waals surface area contributed by atoms with E-state index in [-0.39, 0.29) is 0 Å². The molecule has 1 aromatic carbocycles. The molecule has 0 N–H and O–H groups in total. The molecule has 0 fully saturated rings. The molecule has 0 spiro atoms. The van der Waals surface area contributed by atoms with Crippen molar-refractivity contribution in [2.45, 2.75) is 54.4 Å². The van der Waals surface area contributed by atoms with Crippen LogP contribution in [0, 0.1) is 13.8 Å². The predicted octanol–water partition coefficient (Wildman–Crippen LogP) is 4.45. The Bertz CT molecular complexity index is 246. The maximum atomic E-state index is 2.30. The summed E-state index contributed by atoms with van der Waals surface area (Å²) in [6, 6.07) is 4.60. The maximum absolute atomic E-state index is 2.30. The van der Waals surface area contributed by atoms with E-state index in [1.807, 2.05) is 13.8 Å². The molecule has 0 aliphatic carbocycles. The van der Waals surface area contributed by atoms with Crippen molar-refractivity contribution in [1.82, 2.24) is 0 Å². The molecule has 14 heavy (non-hydrogen) atoms. The Labute approximate surface area is 89.4 Å². The summed E-state index contributed by atoms with van der Waals surface area (Å²) in [4.78, 5) is 0. The van der Waals surface area contributed by atoms with Crippen molar-refractivity contribution in [3.63, 3.8) is 0 Å². The van der Waals surface area contributed by atoms with Gasteiger partial charge in [-0.3, -0.25) is 0 Å². The van der Waals surface area contributed by atoms with Crippen LogP contribution in [0.25, 0.3) is 0 Å². The lowest BCUT2D eigenvalue weighted by molar-refractivity contribution is 1.04. The largest absolute Gasteiger partial charge is 0.0683 e. The van der Waals surface area contributed by atoms with Crippen LogP contribution in [0.2, 0.25) is 0 Å². The van der Waals surface area contributed by atoms with Crippen LogP contribution in [0.4, 0.5) is 0 Å². The summed E-state index contributed by atoms with van der Waals surface area (Å²) in [5.41, 5.74) is 5.90. The molecule has 0 heteroatoms. The molecule has 0 heterocycles. The smallest absolute Gasteiger partial charge is 0.0305 e. The molecule has 0 aromatic heterocycles. The molecule has 0 unspecified atom stereocenters. The molecule has 0 aliphatic rings. The monoisotopic (exact) mass is 192 g/mol. The highest BCUT2D eigenvalue weighted by Gasteiger charge is 2.01. The van der Waals surface area contributed by atoms with Gasteiger partial charge in [0.05, 0.1) is 0 Å². The van der Waals surface area contributed by atoms with E-state index < -0.39 is 0 Å². The third-order valence-electron chi connectivity index (χ3n) is 2.53. The van der Waals surface area contributed by atoms with Crippen LogP contribution in [0.1, 0.15) is 49.9 Å². The SMILES string of the molecule is CC.CCc1cc(C)cc(CC)c1C. The molecule has 1 aromatic rings. The van der Waals surface area contributed by atoms with Crippen LogP contribution >= 0.6 is 0 Å². The average molecular weight is 192 g/mol. The van der Waals surface area contributed by atoms with E-state index in [2.05, 4.69) is 39.8 Å². The fourth-order valence-corrected chi connectivity index (χ4v) is 1.75. The first-order chi connectivity index (χ1) is 6.69. The number of hydrogen-bond acceptors (Lipinski definition) is 0. The van der Waals surface area contributed by atoms with E-state index in [1.54, 1.807) is 0 Å². The Morgan fingerprint density at radius 3 is 1.50 bits per heavy atom. The number of hydrogen-bond donors (Lipinski definition) is 0. The Hall–Kier alpha value is -0.780. The van der Waals surface area contributed by atoms with Crippen LogP contribution in [-0.4, -0.2) is 0 Å². The predicted molar refractivity (Wildman–Crippen MR) is 66.0 cm³/mol. The van der Waals surface area contributed by atoms with Gasteiger partial charge in [-0.25, -0.2) is 0 Å². The van der Waals surface area contributed by atoms with Crippen LogP contribution < -0.4 is 0 Å². The van der Waals surface area contributed by atoms with E-state index in [1.165, 1.54) is 22.3 Å². The van der Waals surface area contributed by atoms with Crippen LogP contribution in [0.5, 0.6) is 0 Å². The first-order valence-electron chi connectivity index (χ1n) is 5.78. The summed E-state index contributed by atoms with van der Waals surface area (Å²) in [5, 5.41) is 0. The second-order valence-electron chi connectivity index (χ2n) is 3.42. The summed E-state index contributed by atoms with van der Waals surface area (Å²) in [6.45, 7) is 12.9. The van der Waals surface area contributed by atoms with Crippen LogP contribution in [0.15, 0.2) is 12.1 Å². The molecule has 0 saturated heterocycles. The van der Waals surface area contributed by atoms with Gasteiger partial charge in [-0.1, -0.05) is 45.4 Å². The van der Waals surface area contributed by atoms with Gasteiger partial charge < -0.3 is 0 Å². The second-order valence-corrected chi connectivity index (χ2v) is 3.42. The van der Waals surface area contributed by atoms with E-state index in [0.29, 0.717) is 0 Å². The van der Waals surface area contributed by atoms with Gasteiger partial charge in [-0.15, -0.1) is 0 Å². The topological polar surface area (TPSA) is 0 Å². The minimum Gasteiger partial charge on any atom is -0.0683 e. The molecule has 80 valence electrons. The summed E-state index contributed by atoms with van der Waals surface area (Å²) in [5.74, 6) is 0. The van der Waals surface area contributed by atoms with Crippen molar-refractivity contribution in [2.75, 3.05) is 0 Å². The molecule has 0 saturated carbocycles. The molecule has 0 amide bonds. The number of aryl methyl sites for hydroxylation is 3. The van der Waals surface area contributed by atoms with Gasteiger partial charge in [0.1, 0.15) is 0 Å². The standard InChI is InChI=1S/C12H18.C2H6/c1-5-11-7-9(3)8-12(6-2)10(11)4;1-2/h7-8H,5-6H2,1-4H3;1-2H3. The second kappa shape index (κ2) is 6.64. The van der Waals surface area contributed by atoms with Gasteiger partial charge in [-0.05, 0) is 43.4 Å². The van der Waals surface area contributed by atoms with Gasteiger partial charge in [0.15, 0.2) is 0 Å². The van der Waals surface area contributed by atoms with Gasteiger partial charge in [0.25, 0.3) is 0 Å². The van der Waals surface area contributed by atoms with E-state index in [4.69, 9.17) is 0 Å². The van der Waals surface area contributed by atoms with Crippen molar-refractivity contribution in [1.29, 1.82) is 0 Å². The Morgan fingerprint density at radius 1 is 0.857 bits per heavy atom. The fraction of sp³-hybridized carbons (Fsp3) is 0.571. The lowest BCUT2D eigenvalue weighted by Gasteiger charge is -2.09. The third kappa shape index (κ3) is 3.17. The summed E-state index contributed by atoms with van der Waals surface area (Å²) >= 11 is 0. The van der Waals surface area contributed by atoms with Crippen molar-refractivity contribution in [2.24, 2.45) is 0 Å². The van der Waals surface area contributed by atoms with Crippen molar-refractivity contribution < 1.29 is 0 Å². The highest BCUT2D eigenvalue weighted by atomic mass is 14.1. The zero-order valence-corrected chi connectivity index (χ0v) is 10.6. The quantitative estimate of drug-likeness (QED) is 0.649. The van der Waals surface area contributed by atoms with E-state index in [0.717, 1.165) is 12.8 Å². The minimum atomic E-state index is 1.15. The Morgan fingerprint density at radius 2 is 1.21 bits per heavy atom. The van der Waals surface area contributed by atoms with Gasteiger partial charge >= 0.3 is 0 Å². The molecule has 0 radical (unpaired) electrons. The van der Waals surface area contributed by atoms with Gasteiger partial charge in [-0.2, -0.15) is 0 Å². The first-order valence-corrected chi connectivity index (χ1v) is 5.78. The van der Waals surface area contributed by atoms with E-state index in [9.17, 15) is 0 Å². The van der Waals surface area contributed by atoms with Crippen LogP contribution in [-0.2, 0) is 12.8 Å². The van der Waals surface area contributed by atoms with Gasteiger partial charge in [0, 0.05) is 0 Å².